The van der Waals surface area contributed by atoms with Crippen molar-refractivity contribution in [2.75, 3.05) is 7.11 Å². The number of benzene rings is 1. The van der Waals surface area contributed by atoms with Crippen molar-refractivity contribution >= 4 is 23.9 Å². The number of alkyl carbamates (subject to hydrolysis) is 1. The van der Waals surface area contributed by atoms with Gasteiger partial charge in [-0.25, -0.2) is 9.59 Å². The third-order valence-corrected chi connectivity index (χ3v) is 6.34. The molecule has 1 aliphatic rings. The fourth-order valence-corrected chi connectivity index (χ4v) is 4.56. The van der Waals surface area contributed by atoms with Gasteiger partial charge in [-0.2, -0.15) is 0 Å². The number of amides is 3. The molecule has 1 saturated carbocycles. The van der Waals surface area contributed by atoms with Crippen LogP contribution in [0.4, 0.5) is 4.79 Å². The van der Waals surface area contributed by atoms with Crippen LogP contribution in [-0.4, -0.2) is 65.9 Å². The summed E-state index contributed by atoms with van der Waals surface area (Å²) in [5, 5.41) is 19.1. The molecule has 0 heterocycles. The van der Waals surface area contributed by atoms with Crippen LogP contribution in [0, 0.1) is 11.8 Å². The molecular formula is C28H43N3O7. The van der Waals surface area contributed by atoms with E-state index < -0.39 is 47.8 Å². The standard InChI is InChI=1S/C28H43N3O7/c1-17(2)14-22(26(35)37-6)29-23(32)16-19-12-13-20(24(19)33)30-25(34)21(15-18-10-8-7-9-11-18)31-27(36)38-28(3,4)5/h7-11,17,19-22,24,33H,12-16H2,1-6H3,(H,29,32)(H,30,34)(H,31,36)/t19?,20?,21-,22-,24?/m0/s1. The predicted octanol–water partition coefficient (Wildman–Crippen LogP) is 2.47. The average Bonchev–Trinajstić information content (AvgIpc) is 3.15. The first-order chi connectivity index (χ1) is 17.8. The molecule has 5 atom stereocenters. The van der Waals surface area contributed by atoms with Crippen LogP contribution < -0.4 is 16.0 Å². The molecule has 1 aliphatic carbocycles. The Morgan fingerprint density at radius 1 is 1.03 bits per heavy atom. The zero-order valence-electron chi connectivity index (χ0n) is 23.3. The first-order valence-electron chi connectivity index (χ1n) is 13.2. The Balaban J connectivity index is 2.01. The molecule has 1 fully saturated rings. The normalized spacial score (nSPS) is 20.8. The molecule has 1 aromatic rings. The molecule has 0 aromatic heterocycles. The first kappa shape index (κ1) is 31.1. The summed E-state index contributed by atoms with van der Waals surface area (Å²) >= 11 is 0. The second-order valence-electron chi connectivity index (χ2n) is 11.3. The summed E-state index contributed by atoms with van der Waals surface area (Å²) in [6.45, 7) is 9.10. The van der Waals surface area contributed by atoms with Crippen LogP contribution >= 0.6 is 0 Å². The average molecular weight is 534 g/mol. The Hall–Kier alpha value is -3.14. The summed E-state index contributed by atoms with van der Waals surface area (Å²) in [6, 6.07) is 7.03. The number of ether oxygens (including phenoxy) is 2. The zero-order chi connectivity index (χ0) is 28.5. The molecule has 0 radical (unpaired) electrons. The summed E-state index contributed by atoms with van der Waals surface area (Å²) < 4.78 is 10.1. The van der Waals surface area contributed by atoms with Crippen LogP contribution in [0.15, 0.2) is 30.3 Å². The lowest BCUT2D eigenvalue weighted by molar-refractivity contribution is -0.145. The molecule has 4 N–H and O–H groups in total. The van der Waals surface area contributed by atoms with Gasteiger partial charge in [-0.3, -0.25) is 9.59 Å². The zero-order valence-corrected chi connectivity index (χ0v) is 23.3. The van der Waals surface area contributed by atoms with Gasteiger partial charge >= 0.3 is 12.1 Å². The number of rotatable bonds is 11. The van der Waals surface area contributed by atoms with Gasteiger partial charge in [0.1, 0.15) is 17.7 Å². The van der Waals surface area contributed by atoms with Crippen LogP contribution in [0.1, 0.15) is 65.9 Å². The Morgan fingerprint density at radius 3 is 2.26 bits per heavy atom. The summed E-state index contributed by atoms with van der Waals surface area (Å²) in [4.78, 5) is 50.3. The second-order valence-corrected chi connectivity index (χ2v) is 11.3. The lowest BCUT2D eigenvalue weighted by Crippen LogP contribution is -2.53. The van der Waals surface area contributed by atoms with Crippen molar-refractivity contribution < 1.29 is 33.8 Å². The lowest BCUT2D eigenvalue weighted by atomic mass is 9.98. The summed E-state index contributed by atoms with van der Waals surface area (Å²) in [5.74, 6) is -1.52. The number of carbonyl (C=O) groups excluding carboxylic acids is 4. The maximum absolute atomic E-state index is 13.2. The van der Waals surface area contributed by atoms with Crippen LogP contribution in [0.5, 0.6) is 0 Å². The van der Waals surface area contributed by atoms with E-state index in [1.54, 1.807) is 20.8 Å². The third-order valence-electron chi connectivity index (χ3n) is 6.34. The van der Waals surface area contributed by atoms with E-state index in [2.05, 4.69) is 16.0 Å². The summed E-state index contributed by atoms with van der Waals surface area (Å²) in [6.07, 6.45) is 0.0326. The molecule has 38 heavy (non-hydrogen) atoms. The molecule has 212 valence electrons. The molecule has 10 nitrogen and oxygen atoms in total. The molecule has 2 rings (SSSR count). The molecule has 0 aliphatic heterocycles. The van der Waals surface area contributed by atoms with Crippen molar-refractivity contribution in [1.82, 2.24) is 16.0 Å². The van der Waals surface area contributed by atoms with Gasteiger partial charge in [-0.05, 0) is 57.4 Å². The van der Waals surface area contributed by atoms with Crippen molar-refractivity contribution in [3.63, 3.8) is 0 Å². The van der Waals surface area contributed by atoms with Crippen molar-refractivity contribution in [3.05, 3.63) is 35.9 Å². The van der Waals surface area contributed by atoms with E-state index in [1.807, 2.05) is 44.2 Å². The SMILES string of the molecule is COC(=O)[C@H](CC(C)C)NC(=O)CC1CCC(NC(=O)[C@H](Cc2ccccc2)NC(=O)OC(C)(C)C)C1O. The molecule has 1 aromatic carbocycles. The van der Waals surface area contributed by atoms with Crippen molar-refractivity contribution in [3.8, 4) is 0 Å². The van der Waals surface area contributed by atoms with E-state index in [0.717, 1.165) is 5.56 Å². The van der Waals surface area contributed by atoms with Crippen molar-refractivity contribution in [2.45, 2.75) is 96.6 Å². The number of aliphatic hydroxyl groups excluding tert-OH is 1. The third kappa shape index (κ3) is 10.3. The lowest BCUT2D eigenvalue weighted by Gasteiger charge is -2.26. The fourth-order valence-electron chi connectivity index (χ4n) is 4.56. The highest BCUT2D eigenvalue weighted by Gasteiger charge is 2.38. The maximum atomic E-state index is 13.2. The number of esters is 1. The van der Waals surface area contributed by atoms with Crippen LogP contribution in [0.2, 0.25) is 0 Å². The molecule has 10 heteroatoms. The molecule has 0 bridgehead atoms. The smallest absolute Gasteiger partial charge is 0.408 e. The van der Waals surface area contributed by atoms with E-state index >= 15 is 0 Å². The minimum Gasteiger partial charge on any atom is -0.467 e. The number of hydrogen-bond donors (Lipinski definition) is 4. The van der Waals surface area contributed by atoms with Crippen LogP contribution in [-0.2, 0) is 30.3 Å². The molecule has 3 amide bonds. The molecular weight excluding hydrogens is 490 g/mol. The maximum Gasteiger partial charge on any atom is 0.408 e. The number of carbonyl (C=O) groups is 4. The van der Waals surface area contributed by atoms with Gasteiger partial charge in [0.2, 0.25) is 11.8 Å². The van der Waals surface area contributed by atoms with Crippen molar-refractivity contribution in [2.24, 2.45) is 11.8 Å². The summed E-state index contributed by atoms with van der Waals surface area (Å²) in [7, 11) is 1.28. The van der Waals surface area contributed by atoms with Gasteiger partial charge in [0, 0.05) is 12.8 Å². The quantitative estimate of drug-likeness (QED) is 0.320. The van der Waals surface area contributed by atoms with Gasteiger partial charge in [0.15, 0.2) is 0 Å². The van der Waals surface area contributed by atoms with Gasteiger partial charge in [0.25, 0.3) is 0 Å². The minimum atomic E-state index is -0.953. The molecule has 3 unspecified atom stereocenters. The fraction of sp³-hybridized carbons (Fsp3) is 0.643. The number of hydrogen-bond acceptors (Lipinski definition) is 7. The van der Waals surface area contributed by atoms with E-state index in [-0.39, 0.29) is 30.6 Å². The highest BCUT2D eigenvalue weighted by Crippen LogP contribution is 2.29. The topological polar surface area (TPSA) is 143 Å². The van der Waals surface area contributed by atoms with Gasteiger partial charge in [-0.15, -0.1) is 0 Å². The van der Waals surface area contributed by atoms with E-state index in [4.69, 9.17) is 9.47 Å². The second kappa shape index (κ2) is 14.1. The Kier molecular flexibility index (Phi) is 11.6. The Morgan fingerprint density at radius 2 is 1.68 bits per heavy atom. The predicted molar refractivity (Wildman–Crippen MR) is 142 cm³/mol. The first-order valence-corrected chi connectivity index (χ1v) is 13.2. The van der Waals surface area contributed by atoms with Crippen LogP contribution in [0.25, 0.3) is 0 Å². The van der Waals surface area contributed by atoms with Crippen molar-refractivity contribution in [1.29, 1.82) is 0 Å². The van der Waals surface area contributed by atoms with Gasteiger partial charge in [0.05, 0.1) is 19.3 Å². The van der Waals surface area contributed by atoms with Gasteiger partial charge in [-0.1, -0.05) is 44.2 Å². The van der Waals surface area contributed by atoms with E-state index in [1.165, 1.54) is 7.11 Å². The van der Waals surface area contributed by atoms with E-state index in [0.29, 0.717) is 19.3 Å². The Labute approximate surface area is 225 Å². The molecule has 0 spiro atoms. The monoisotopic (exact) mass is 533 g/mol. The minimum absolute atomic E-state index is 0.0166. The summed E-state index contributed by atoms with van der Waals surface area (Å²) in [5.41, 5.74) is 0.127. The largest absolute Gasteiger partial charge is 0.467 e. The molecule has 0 saturated heterocycles. The number of aliphatic hydroxyl groups is 1. The van der Waals surface area contributed by atoms with Crippen LogP contribution in [0.3, 0.4) is 0 Å². The highest BCUT2D eigenvalue weighted by molar-refractivity contribution is 5.86. The Bertz CT molecular complexity index is 946. The highest BCUT2D eigenvalue weighted by atomic mass is 16.6. The number of nitrogens with one attached hydrogen (secondary N) is 3. The van der Waals surface area contributed by atoms with E-state index in [9.17, 15) is 24.3 Å². The number of methoxy groups -OCH3 is 1. The van der Waals surface area contributed by atoms with Gasteiger partial charge < -0.3 is 30.5 Å².